The first-order valence-electron chi connectivity index (χ1n) is 6.07. The zero-order valence-corrected chi connectivity index (χ0v) is 12.1. The topological polar surface area (TPSA) is 29.5 Å². The second-order valence-corrected chi connectivity index (χ2v) is 5.60. The van der Waals surface area contributed by atoms with Crippen molar-refractivity contribution in [1.29, 1.82) is 0 Å². The molecule has 1 aromatic rings. The molecule has 1 unspecified atom stereocenters. The minimum atomic E-state index is -0.444. The van der Waals surface area contributed by atoms with Crippen LogP contribution in [0.5, 0.6) is 0 Å². The molecule has 1 aromatic carbocycles. The van der Waals surface area contributed by atoms with Gasteiger partial charge in [0, 0.05) is 13.2 Å². The quantitative estimate of drug-likeness (QED) is 0.783. The molecule has 0 saturated carbocycles. The number of amides is 1. The molecular formula is C13H15ClFNO2S. The van der Waals surface area contributed by atoms with Crippen LogP contribution >= 0.6 is 23.4 Å². The molecule has 19 heavy (non-hydrogen) atoms. The molecule has 1 aliphatic rings. The number of benzene rings is 1. The van der Waals surface area contributed by atoms with Crippen molar-refractivity contribution in [1.82, 2.24) is 4.90 Å². The fourth-order valence-electron chi connectivity index (χ4n) is 1.95. The van der Waals surface area contributed by atoms with Crippen molar-refractivity contribution in [2.45, 2.75) is 12.3 Å². The van der Waals surface area contributed by atoms with Gasteiger partial charge in [0.1, 0.15) is 11.2 Å². The molecule has 1 amide bonds. The number of thioether (sulfide) groups is 1. The number of nitrogens with zero attached hydrogens (tertiary/aromatic N) is 1. The summed E-state index contributed by atoms with van der Waals surface area (Å²) in [5, 5.41) is -0.0201. The van der Waals surface area contributed by atoms with E-state index in [9.17, 15) is 9.18 Å². The first kappa shape index (κ1) is 14.6. The molecule has 1 heterocycles. The third-order valence-corrected chi connectivity index (χ3v) is 4.42. The molecule has 0 N–H and O–H groups in total. The molecule has 1 saturated heterocycles. The van der Waals surface area contributed by atoms with Crippen LogP contribution in [0.15, 0.2) is 18.2 Å². The standard InChI is InChI=1S/C13H15ClFNO2S/c1-2-18-6-5-16-12(17)8-19-13(16)9-3-4-11(15)10(14)7-9/h3-4,7,13H,2,5-6,8H2,1H3. The van der Waals surface area contributed by atoms with E-state index in [1.165, 1.54) is 17.8 Å². The van der Waals surface area contributed by atoms with Crippen LogP contribution in [-0.4, -0.2) is 36.3 Å². The van der Waals surface area contributed by atoms with Gasteiger partial charge in [-0.1, -0.05) is 17.7 Å². The lowest BCUT2D eigenvalue weighted by Crippen LogP contribution is -2.31. The van der Waals surface area contributed by atoms with Crippen molar-refractivity contribution in [3.8, 4) is 0 Å². The van der Waals surface area contributed by atoms with Gasteiger partial charge in [-0.25, -0.2) is 4.39 Å². The lowest BCUT2D eigenvalue weighted by atomic mass is 10.2. The van der Waals surface area contributed by atoms with Crippen LogP contribution in [0.3, 0.4) is 0 Å². The highest BCUT2D eigenvalue weighted by Gasteiger charge is 2.32. The Hall–Kier alpha value is -0.780. The first-order chi connectivity index (χ1) is 9.13. The maximum Gasteiger partial charge on any atom is 0.233 e. The van der Waals surface area contributed by atoms with E-state index in [2.05, 4.69) is 0 Å². The maximum absolute atomic E-state index is 13.2. The number of carbonyl (C=O) groups excluding carboxylic acids is 1. The Labute approximate surface area is 121 Å². The summed E-state index contributed by atoms with van der Waals surface area (Å²) in [5.74, 6) is 0.0713. The molecule has 1 aliphatic heterocycles. The van der Waals surface area contributed by atoms with Crippen molar-refractivity contribution < 1.29 is 13.9 Å². The molecule has 0 aromatic heterocycles. The monoisotopic (exact) mass is 303 g/mol. The normalized spacial score (nSPS) is 19.2. The van der Waals surface area contributed by atoms with Gasteiger partial charge in [-0.3, -0.25) is 4.79 Å². The van der Waals surface area contributed by atoms with E-state index in [0.29, 0.717) is 25.5 Å². The van der Waals surface area contributed by atoms with Gasteiger partial charge in [-0.15, -0.1) is 11.8 Å². The molecule has 0 aliphatic carbocycles. The summed E-state index contributed by atoms with van der Waals surface area (Å²) in [7, 11) is 0. The van der Waals surface area contributed by atoms with E-state index in [-0.39, 0.29) is 16.3 Å². The third-order valence-electron chi connectivity index (χ3n) is 2.88. The Morgan fingerprint density at radius 3 is 3.05 bits per heavy atom. The maximum atomic E-state index is 13.2. The lowest BCUT2D eigenvalue weighted by Gasteiger charge is -2.24. The average molecular weight is 304 g/mol. The Balaban J connectivity index is 2.12. The fourth-order valence-corrected chi connectivity index (χ4v) is 3.34. The van der Waals surface area contributed by atoms with E-state index in [0.717, 1.165) is 5.56 Å². The fraction of sp³-hybridized carbons (Fsp3) is 0.462. The molecule has 0 spiro atoms. The van der Waals surface area contributed by atoms with Crippen molar-refractivity contribution in [3.63, 3.8) is 0 Å². The van der Waals surface area contributed by atoms with Crippen LogP contribution in [0.4, 0.5) is 4.39 Å². The van der Waals surface area contributed by atoms with Gasteiger partial charge in [-0.2, -0.15) is 0 Å². The smallest absolute Gasteiger partial charge is 0.233 e. The van der Waals surface area contributed by atoms with Gasteiger partial charge in [0.25, 0.3) is 0 Å². The predicted octanol–water partition coefficient (Wildman–Crippen LogP) is 3.09. The van der Waals surface area contributed by atoms with Crippen molar-refractivity contribution >= 4 is 29.3 Å². The molecule has 0 bridgehead atoms. The molecule has 0 radical (unpaired) electrons. The molecule has 1 fully saturated rings. The predicted molar refractivity (Wildman–Crippen MR) is 74.8 cm³/mol. The number of rotatable bonds is 5. The van der Waals surface area contributed by atoms with Gasteiger partial charge in [0.2, 0.25) is 5.91 Å². The molecule has 104 valence electrons. The number of hydrogen-bond acceptors (Lipinski definition) is 3. The van der Waals surface area contributed by atoms with E-state index in [1.54, 1.807) is 17.0 Å². The second-order valence-electron chi connectivity index (χ2n) is 4.12. The highest BCUT2D eigenvalue weighted by molar-refractivity contribution is 8.00. The zero-order chi connectivity index (χ0) is 13.8. The van der Waals surface area contributed by atoms with Crippen LogP contribution in [-0.2, 0) is 9.53 Å². The third kappa shape index (κ3) is 3.41. The second kappa shape index (κ2) is 6.59. The Bertz CT molecular complexity index is 472. The van der Waals surface area contributed by atoms with Gasteiger partial charge in [-0.05, 0) is 24.6 Å². The highest BCUT2D eigenvalue weighted by Crippen LogP contribution is 2.39. The van der Waals surface area contributed by atoms with Crippen LogP contribution in [0, 0.1) is 5.82 Å². The van der Waals surface area contributed by atoms with E-state index < -0.39 is 5.82 Å². The van der Waals surface area contributed by atoms with E-state index >= 15 is 0 Å². The Morgan fingerprint density at radius 1 is 1.58 bits per heavy atom. The Kier molecular flexibility index (Phi) is 5.07. The molecule has 6 heteroatoms. The van der Waals surface area contributed by atoms with Crippen molar-refractivity contribution in [3.05, 3.63) is 34.6 Å². The summed E-state index contributed by atoms with van der Waals surface area (Å²) in [6.07, 6.45) is 0. The summed E-state index contributed by atoms with van der Waals surface area (Å²) in [4.78, 5) is 13.6. The van der Waals surface area contributed by atoms with E-state index in [4.69, 9.17) is 16.3 Å². The SMILES string of the molecule is CCOCCN1C(=O)CSC1c1ccc(F)c(Cl)c1. The minimum Gasteiger partial charge on any atom is -0.380 e. The summed E-state index contributed by atoms with van der Waals surface area (Å²) in [5.41, 5.74) is 0.846. The van der Waals surface area contributed by atoms with Crippen LogP contribution < -0.4 is 0 Å². The summed E-state index contributed by atoms with van der Waals surface area (Å²) in [6.45, 7) is 3.59. The van der Waals surface area contributed by atoms with Gasteiger partial charge in [0.05, 0.1) is 17.4 Å². The summed E-state index contributed by atoms with van der Waals surface area (Å²) < 4.78 is 18.5. The van der Waals surface area contributed by atoms with Crippen molar-refractivity contribution in [2.75, 3.05) is 25.5 Å². The summed E-state index contributed by atoms with van der Waals surface area (Å²) >= 11 is 7.31. The van der Waals surface area contributed by atoms with Crippen LogP contribution in [0.25, 0.3) is 0 Å². The summed E-state index contributed by atoms with van der Waals surface area (Å²) in [6, 6.07) is 4.59. The zero-order valence-electron chi connectivity index (χ0n) is 10.6. The number of hydrogen-bond donors (Lipinski definition) is 0. The first-order valence-corrected chi connectivity index (χ1v) is 7.50. The molecular weight excluding hydrogens is 289 g/mol. The van der Waals surface area contributed by atoms with Crippen LogP contribution in [0.2, 0.25) is 5.02 Å². The van der Waals surface area contributed by atoms with Crippen LogP contribution in [0.1, 0.15) is 17.9 Å². The number of carbonyl (C=O) groups is 1. The van der Waals surface area contributed by atoms with Gasteiger partial charge < -0.3 is 9.64 Å². The van der Waals surface area contributed by atoms with Gasteiger partial charge in [0.15, 0.2) is 0 Å². The minimum absolute atomic E-state index is 0.0788. The largest absolute Gasteiger partial charge is 0.380 e. The van der Waals surface area contributed by atoms with E-state index in [1.807, 2.05) is 6.92 Å². The van der Waals surface area contributed by atoms with Gasteiger partial charge >= 0.3 is 0 Å². The highest BCUT2D eigenvalue weighted by atomic mass is 35.5. The molecule has 1 atom stereocenters. The average Bonchev–Trinajstić information content (AvgIpc) is 2.75. The molecule has 2 rings (SSSR count). The van der Waals surface area contributed by atoms with Crippen molar-refractivity contribution in [2.24, 2.45) is 0 Å². The Morgan fingerprint density at radius 2 is 2.37 bits per heavy atom. The molecule has 3 nitrogen and oxygen atoms in total. The number of halogens is 2. The number of ether oxygens (including phenoxy) is 1. The lowest BCUT2D eigenvalue weighted by molar-refractivity contribution is -0.128.